The van der Waals surface area contributed by atoms with Crippen LogP contribution in [0.4, 0.5) is 5.13 Å². The van der Waals surface area contributed by atoms with Crippen molar-refractivity contribution in [3.05, 3.63) is 10.6 Å². The Labute approximate surface area is 95.1 Å². The summed E-state index contributed by atoms with van der Waals surface area (Å²) in [5.41, 5.74) is 1.01. The number of rotatable bonds is 3. The van der Waals surface area contributed by atoms with Gasteiger partial charge in [-0.15, -0.1) is 11.3 Å². The molecule has 0 aliphatic rings. The van der Waals surface area contributed by atoms with Crippen molar-refractivity contribution in [3.8, 4) is 0 Å². The second kappa shape index (κ2) is 4.75. The molecule has 0 aliphatic carbocycles. The highest BCUT2D eigenvalue weighted by Gasteiger charge is 2.16. The van der Waals surface area contributed by atoms with E-state index in [0.717, 1.165) is 10.8 Å². The molecule has 1 rings (SSSR count). The monoisotopic (exact) mass is 226 g/mol. The van der Waals surface area contributed by atoms with Crippen LogP contribution in [0.25, 0.3) is 0 Å². The Balaban J connectivity index is 2.76. The van der Waals surface area contributed by atoms with E-state index in [-0.39, 0.29) is 5.91 Å². The maximum atomic E-state index is 11.8. The van der Waals surface area contributed by atoms with E-state index in [0.29, 0.717) is 12.3 Å². The molecule has 0 saturated heterocycles. The number of carbonyl (C=O) groups is 1. The number of anilines is 1. The Morgan fingerprint density at radius 2 is 2.07 bits per heavy atom. The van der Waals surface area contributed by atoms with E-state index < -0.39 is 0 Å². The lowest BCUT2D eigenvalue weighted by atomic mass is 10.1. The summed E-state index contributed by atoms with van der Waals surface area (Å²) in [6, 6.07) is 0. The molecule has 1 aromatic heterocycles. The SMILES string of the molecule is Cc1nc(N(C)C(=O)CC(C)C)sc1C. The van der Waals surface area contributed by atoms with Crippen LogP contribution in [0.5, 0.6) is 0 Å². The number of aryl methyl sites for hydroxylation is 2. The van der Waals surface area contributed by atoms with Gasteiger partial charge in [-0.1, -0.05) is 13.8 Å². The molecule has 0 bridgehead atoms. The average molecular weight is 226 g/mol. The summed E-state index contributed by atoms with van der Waals surface area (Å²) in [5, 5.41) is 0.802. The zero-order valence-corrected chi connectivity index (χ0v) is 10.8. The van der Waals surface area contributed by atoms with Crippen LogP contribution in [-0.4, -0.2) is 17.9 Å². The lowest BCUT2D eigenvalue weighted by Crippen LogP contribution is -2.27. The van der Waals surface area contributed by atoms with Gasteiger partial charge >= 0.3 is 0 Å². The third-order valence-corrected chi connectivity index (χ3v) is 3.41. The standard InChI is InChI=1S/C11H18N2OS/c1-7(2)6-10(14)13(5)11-12-8(3)9(4)15-11/h7H,6H2,1-5H3. The molecule has 15 heavy (non-hydrogen) atoms. The zero-order chi connectivity index (χ0) is 11.6. The highest BCUT2D eigenvalue weighted by atomic mass is 32.1. The predicted octanol–water partition coefficient (Wildman–Crippen LogP) is 2.77. The van der Waals surface area contributed by atoms with E-state index in [1.54, 1.807) is 23.3 Å². The summed E-state index contributed by atoms with van der Waals surface area (Å²) in [6.07, 6.45) is 0.578. The largest absolute Gasteiger partial charge is 0.291 e. The average Bonchev–Trinajstić information content (AvgIpc) is 2.44. The first-order valence-electron chi connectivity index (χ1n) is 5.12. The topological polar surface area (TPSA) is 33.2 Å². The maximum Gasteiger partial charge on any atom is 0.228 e. The highest BCUT2D eigenvalue weighted by Crippen LogP contribution is 2.24. The van der Waals surface area contributed by atoms with Crippen LogP contribution >= 0.6 is 11.3 Å². The first-order chi connectivity index (χ1) is 6.91. The summed E-state index contributed by atoms with van der Waals surface area (Å²) < 4.78 is 0. The van der Waals surface area contributed by atoms with Crippen molar-refractivity contribution in [1.82, 2.24) is 4.98 Å². The molecular weight excluding hydrogens is 208 g/mol. The molecule has 0 radical (unpaired) electrons. The minimum absolute atomic E-state index is 0.138. The zero-order valence-electron chi connectivity index (χ0n) is 10.00. The molecule has 0 N–H and O–H groups in total. The first kappa shape index (κ1) is 12.2. The Morgan fingerprint density at radius 3 is 2.47 bits per heavy atom. The van der Waals surface area contributed by atoms with E-state index in [4.69, 9.17) is 0 Å². The number of hydrogen-bond acceptors (Lipinski definition) is 3. The van der Waals surface area contributed by atoms with Gasteiger partial charge in [-0.25, -0.2) is 4.98 Å². The second-order valence-corrected chi connectivity index (χ2v) is 5.37. The second-order valence-electron chi connectivity index (χ2n) is 4.19. The van der Waals surface area contributed by atoms with Crippen LogP contribution in [0.3, 0.4) is 0 Å². The van der Waals surface area contributed by atoms with Gasteiger partial charge in [0.2, 0.25) is 5.91 Å². The van der Waals surface area contributed by atoms with Crippen molar-refractivity contribution in [3.63, 3.8) is 0 Å². The third kappa shape index (κ3) is 3.02. The predicted molar refractivity (Wildman–Crippen MR) is 64.5 cm³/mol. The maximum absolute atomic E-state index is 11.8. The van der Waals surface area contributed by atoms with Gasteiger partial charge in [0.1, 0.15) is 0 Å². The molecule has 1 heterocycles. The molecule has 0 atom stereocenters. The molecule has 0 unspecified atom stereocenters. The number of nitrogens with zero attached hydrogens (tertiary/aromatic N) is 2. The molecule has 0 aromatic carbocycles. The normalized spacial score (nSPS) is 10.8. The Bertz CT molecular complexity index is 338. The van der Waals surface area contributed by atoms with Crippen molar-refractivity contribution >= 4 is 22.4 Å². The van der Waals surface area contributed by atoms with Crippen LogP contribution in [0, 0.1) is 19.8 Å². The van der Waals surface area contributed by atoms with Crippen LogP contribution in [-0.2, 0) is 4.79 Å². The van der Waals surface area contributed by atoms with E-state index in [9.17, 15) is 4.79 Å². The summed E-state index contributed by atoms with van der Waals surface area (Å²) >= 11 is 1.57. The van der Waals surface area contributed by atoms with Crippen molar-refractivity contribution in [2.24, 2.45) is 5.92 Å². The molecule has 1 amide bonds. The van der Waals surface area contributed by atoms with Crippen LogP contribution in [0.1, 0.15) is 30.8 Å². The fraction of sp³-hybridized carbons (Fsp3) is 0.636. The van der Waals surface area contributed by atoms with Crippen LogP contribution < -0.4 is 4.90 Å². The van der Waals surface area contributed by atoms with E-state index in [1.165, 1.54) is 4.88 Å². The Morgan fingerprint density at radius 1 is 1.47 bits per heavy atom. The number of aromatic nitrogens is 1. The molecule has 0 fully saturated rings. The van der Waals surface area contributed by atoms with E-state index in [1.807, 2.05) is 27.7 Å². The van der Waals surface area contributed by atoms with Crippen molar-refractivity contribution < 1.29 is 4.79 Å². The highest BCUT2D eigenvalue weighted by molar-refractivity contribution is 7.15. The third-order valence-electron chi connectivity index (χ3n) is 2.26. The number of amides is 1. The summed E-state index contributed by atoms with van der Waals surface area (Å²) in [5.74, 6) is 0.529. The smallest absolute Gasteiger partial charge is 0.228 e. The summed E-state index contributed by atoms with van der Waals surface area (Å²) in [7, 11) is 1.79. The van der Waals surface area contributed by atoms with Crippen molar-refractivity contribution in [2.45, 2.75) is 34.1 Å². The fourth-order valence-electron chi connectivity index (χ4n) is 1.19. The molecule has 84 valence electrons. The van der Waals surface area contributed by atoms with Gasteiger partial charge in [-0.2, -0.15) is 0 Å². The van der Waals surface area contributed by atoms with E-state index in [2.05, 4.69) is 4.98 Å². The molecule has 0 aliphatic heterocycles. The first-order valence-corrected chi connectivity index (χ1v) is 5.94. The van der Waals surface area contributed by atoms with Crippen LogP contribution in [0.2, 0.25) is 0 Å². The minimum atomic E-state index is 0.138. The molecule has 0 saturated carbocycles. The summed E-state index contributed by atoms with van der Waals surface area (Å²) in [4.78, 5) is 19.0. The van der Waals surface area contributed by atoms with E-state index >= 15 is 0 Å². The van der Waals surface area contributed by atoms with Crippen molar-refractivity contribution in [1.29, 1.82) is 0 Å². The number of hydrogen-bond donors (Lipinski definition) is 0. The van der Waals surface area contributed by atoms with Gasteiger partial charge < -0.3 is 0 Å². The quantitative estimate of drug-likeness (QED) is 0.794. The Kier molecular flexibility index (Phi) is 3.85. The molecule has 0 spiro atoms. The minimum Gasteiger partial charge on any atom is -0.291 e. The van der Waals surface area contributed by atoms with Gasteiger partial charge in [0.15, 0.2) is 5.13 Å². The lowest BCUT2D eigenvalue weighted by molar-refractivity contribution is -0.119. The molecule has 4 heteroatoms. The van der Waals surface area contributed by atoms with Gasteiger partial charge in [0.05, 0.1) is 5.69 Å². The fourth-order valence-corrected chi connectivity index (χ4v) is 2.08. The van der Waals surface area contributed by atoms with Gasteiger partial charge in [0.25, 0.3) is 0 Å². The number of thiazole rings is 1. The summed E-state index contributed by atoms with van der Waals surface area (Å²) in [6.45, 7) is 8.08. The molecule has 3 nitrogen and oxygen atoms in total. The van der Waals surface area contributed by atoms with Crippen LogP contribution in [0.15, 0.2) is 0 Å². The molecule has 1 aromatic rings. The molecular formula is C11H18N2OS. The number of carbonyl (C=O) groups excluding carboxylic acids is 1. The Hall–Kier alpha value is -0.900. The van der Waals surface area contributed by atoms with Gasteiger partial charge in [-0.3, -0.25) is 9.69 Å². The lowest BCUT2D eigenvalue weighted by Gasteiger charge is -2.14. The van der Waals surface area contributed by atoms with Gasteiger partial charge in [-0.05, 0) is 19.8 Å². The van der Waals surface area contributed by atoms with Gasteiger partial charge in [0, 0.05) is 18.3 Å². The van der Waals surface area contributed by atoms with Crippen molar-refractivity contribution in [2.75, 3.05) is 11.9 Å².